The first-order valence-corrected chi connectivity index (χ1v) is 10.5. The Morgan fingerprint density at radius 3 is 2.73 bits per heavy atom. The predicted molar refractivity (Wildman–Crippen MR) is 110 cm³/mol. The van der Waals surface area contributed by atoms with Crippen LogP contribution in [0.25, 0.3) is 0 Å². The lowest BCUT2D eigenvalue weighted by Gasteiger charge is -2.34. The lowest BCUT2D eigenvalue weighted by molar-refractivity contribution is -0.115. The molecule has 0 saturated heterocycles. The molecule has 2 saturated carbocycles. The largest absolute Gasteiger partial charge is 0.465 e. The van der Waals surface area contributed by atoms with E-state index in [9.17, 15) is 14.7 Å². The van der Waals surface area contributed by atoms with Crippen LogP contribution in [-0.4, -0.2) is 53.8 Å². The number of nitrogens with zero attached hydrogens (tertiary/aromatic N) is 4. The fourth-order valence-electron chi connectivity index (χ4n) is 4.60. The molecule has 2 aliphatic carbocycles. The zero-order chi connectivity index (χ0) is 21.3. The van der Waals surface area contributed by atoms with Crippen LogP contribution in [0.5, 0.6) is 0 Å². The molecule has 0 bridgehead atoms. The van der Waals surface area contributed by atoms with Gasteiger partial charge in [0, 0.05) is 41.7 Å². The summed E-state index contributed by atoms with van der Waals surface area (Å²) in [5, 5.41) is 19.8. The number of aromatic nitrogens is 4. The van der Waals surface area contributed by atoms with E-state index in [0.29, 0.717) is 11.5 Å². The second kappa shape index (κ2) is 8.04. The summed E-state index contributed by atoms with van der Waals surface area (Å²) in [5.41, 5.74) is 2.19. The van der Waals surface area contributed by atoms with Crippen LogP contribution >= 0.6 is 0 Å². The molecule has 9 nitrogen and oxygen atoms in total. The normalized spacial score (nSPS) is 21.9. The Labute approximate surface area is 175 Å². The Morgan fingerprint density at radius 2 is 2.10 bits per heavy atom. The van der Waals surface area contributed by atoms with Crippen LogP contribution in [-0.2, 0) is 11.2 Å². The van der Waals surface area contributed by atoms with Crippen molar-refractivity contribution in [2.24, 2.45) is 0 Å². The minimum Gasteiger partial charge on any atom is -0.465 e. The second-order valence-electron chi connectivity index (χ2n) is 8.48. The number of aromatic amines is 1. The van der Waals surface area contributed by atoms with E-state index < -0.39 is 6.09 Å². The Bertz CT molecular complexity index is 921. The maximum Gasteiger partial charge on any atom is 0.408 e. The number of carbonyl (C=O) groups excluding carboxylic acids is 1. The van der Waals surface area contributed by atoms with Crippen molar-refractivity contribution in [3.63, 3.8) is 0 Å². The van der Waals surface area contributed by atoms with Gasteiger partial charge in [0.15, 0.2) is 5.82 Å². The van der Waals surface area contributed by atoms with Crippen molar-refractivity contribution in [2.45, 2.75) is 76.3 Å². The van der Waals surface area contributed by atoms with E-state index in [1.807, 2.05) is 13.0 Å². The molecule has 160 valence electrons. The number of nitrogens with one attached hydrogen (secondary N) is 2. The third kappa shape index (κ3) is 4.15. The van der Waals surface area contributed by atoms with Crippen LogP contribution in [0.3, 0.4) is 0 Å². The van der Waals surface area contributed by atoms with E-state index in [4.69, 9.17) is 0 Å². The molecule has 2 aromatic rings. The summed E-state index contributed by atoms with van der Waals surface area (Å²) in [7, 11) is 0. The lowest BCUT2D eigenvalue weighted by Crippen LogP contribution is -2.47. The first-order valence-electron chi connectivity index (χ1n) is 10.5. The summed E-state index contributed by atoms with van der Waals surface area (Å²) < 4.78 is 0. The molecule has 2 aliphatic rings. The molecule has 2 atom stereocenters. The van der Waals surface area contributed by atoms with Gasteiger partial charge in [0.25, 0.3) is 0 Å². The summed E-state index contributed by atoms with van der Waals surface area (Å²) >= 11 is 0. The van der Waals surface area contributed by atoms with Gasteiger partial charge >= 0.3 is 6.09 Å². The summed E-state index contributed by atoms with van der Waals surface area (Å²) in [6, 6.07) is 1.89. The molecular weight excluding hydrogens is 384 g/mol. The average Bonchev–Trinajstić information content (AvgIpc) is 3.10. The van der Waals surface area contributed by atoms with Gasteiger partial charge in [-0.15, -0.1) is 0 Å². The third-order valence-corrected chi connectivity index (χ3v) is 6.45. The number of hydrogen-bond donors (Lipinski definition) is 3. The van der Waals surface area contributed by atoms with E-state index in [1.165, 1.54) is 0 Å². The van der Waals surface area contributed by atoms with Crippen molar-refractivity contribution >= 4 is 17.8 Å². The summed E-state index contributed by atoms with van der Waals surface area (Å²) in [6.07, 6.45) is 7.88. The second-order valence-corrected chi connectivity index (χ2v) is 8.48. The molecule has 0 aromatic carbocycles. The van der Waals surface area contributed by atoms with Gasteiger partial charge in [-0.2, -0.15) is 5.10 Å². The predicted octanol–water partition coefficient (Wildman–Crippen LogP) is 3.25. The smallest absolute Gasteiger partial charge is 0.408 e. The summed E-state index contributed by atoms with van der Waals surface area (Å²) in [4.78, 5) is 34.2. The molecule has 0 aliphatic heterocycles. The van der Waals surface area contributed by atoms with Gasteiger partial charge in [0.05, 0.1) is 17.8 Å². The van der Waals surface area contributed by atoms with E-state index in [-0.39, 0.29) is 29.8 Å². The minimum absolute atomic E-state index is 0.0383. The molecule has 30 heavy (non-hydrogen) atoms. The van der Waals surface area contributed by atoms with Crippen LogP contribution in [0.15, 0.2) is 18.5 Å². The highest BCUT2D eigenvalue weighted by atomic mass is 16.4. The van der Waals surface area contributed by atoms with E-state index in [2.05, 4.69) is 32.4 Å². The number of aryl methyl sites for hydroxylation is 1. The molecule has 0 radical (unpaired) electrons. The van der Waals surface area contributed by atoms with Crippen LogP contribution in [0.4, 0.5) is 10.6 Å². The van der Waals surface area contributed by atoms with E-state index >= 15 is 0 Å². The Morgan fingerprint density at radius 1 is 1.30 bits per heavy atom. The maximum absolute atomic E-state index is 12.3. The van der Waals surface area contributed by atoms with Gasteiger partial charge < -0.3 is 10.4 Å². The van der Waals surface area contributed by atoms with Crippen LogP contribution in [0, 0.1) is 6.92 Å². The molecule has 2 aromatic heterocycles. The number of rotatable bonds is 7. The zero-order valence-corrected chi connectivity index (χ0v) is 17.4. The zero-order valence-electron chi connectivity index (χ0n) is 17.4. The van der Waals surface area contributed by atoms with Crippen molar-refractivity contribution in [3.05, 3.63) is 35.5 Å². The number of amides is 2. The van der Waals surface area contributed by atoms with Crippen molar-refractivity contribution in [1.82, 2.24) is 25.1 Å². The molecule has 2 amide bonds. The molecular formula is C21H28N6O3. The average molecular weight is 412 g/mol. The van der Waals surface area contributed by atoms with Crippen molar-refractivity contribution in [3.8, 4) is 0 Å². The van der Waals surface area contributed by atoms with Gasteiger partial charge in [0.1, 0.15) is 0 Å². The molecule has 2 fully saturated rings. The molecule has 3 N–H and O–H groups in total. The van der Waals surface area contributed by atoms with E-state index in [1.54, 1.807) is 17.3 Å². The van der Waals surface area contributed by atoms with Crippen LogP contribution in [0.1, 0.15) is 68.4 Å². The monoisotopic (exact) mass is 412 g/mol. The SMILES string of the molecule is CCC1(N(C(=O)O)C2CCC(c3cc(NC(=O)Cc4cnc(C)cn4)n[nH]3)C2)CC1. The third-order valence-electron chi connectivity index (χ3n) is 6.45. The van der Waals surface area contributed by atoms with E-state index in [0.717, 1.165) is 49.9 Å². The highest BCUT2D eigenvalue weighted by molar-refractivity contribution is 5.91. The topological polar surface area (TPSA) is 124 Å². The fourth-order valence-corrected chi connectivity index (χ4v) is 4.60. The van der Waals surface area contributed by atoms with Gasteiger partial charge in [0.2, 0.25) is 5.91 Å². The van der Waals surface area contributed by atoms with Gasteiger partial charge in [-0.05, 0) is 45.4 Å². The molecule has 2 unspecified atom stereocenters. The van der Waals surface area contributed by atoms with Crippen LogP contribution in [0.2, 0.25) is 0 Å². The number of anilines is 1. The number of carbonyl (C=O) groups is 2. The quantitative estimate of drug-likeness (QED) is 0.641. The Kier molecular flexibility index (Phi) is 5.44. The van der Waals surface area contributed by atoms with Crippen molar-refractivity contribution < 1.29 is 14.7 Å². The van der Waals surface area contributed by atoms with Crippen molar-refractivity contribution in [2.75, 3.05) is 5.32 Å². The van der Waals surface area contributed by atoms with Crippen LogP contribution < -0.4 is 5.32 Å². The molecule has 4 rings (SSSR count). The fraction of sp³-hybridized carbons (Fsp3) is 0.571. The van der Waals surface area contributed by atoms with Gasteiger partial charge in [-0.25, -0.2) is 4.79 Å². The number of hydrogen-bond acceptors (Lipinski definition) is 5. The lowest BCUT2D eigenvalue weighted by atomic mass is 10.0. The standard InChI is InChI=1S/C21H28N6O3/c1-3-21(6-7-21)27(20(29)30)16-5-4-14(8-16)17-10-18(26-25-17)24-19(28)9-15-12-22-13(2)11-23-15/h10-12,14,16H,3-9H2,1-2H3,(H,29,30)(H2,24,25,26,28). The van der Waals surface area contributed by atoms with Gasteiger partial charge in [-0.3, -0.25) is 24.8 Å². The summed E-state index contributed by atoms with van der Waals surface area (Å²) in [5.74, 6) is 0.484. The first-order chi connectivity index (χ1) is 14.4. The Balaban J connectivity index is 1.35. The minimum atomic E-state index is -0.809. The van der Waals surface area contributed by atoms with Gasteiger partial charge in [-0.1, -0.05) is 6.92 Å². The van der Waals surface area contributed by atoms with Crippen molar-refractivity contribution in [1.29, 1.82) is 0 Å². The highest BCUT2D eigenvalue weighted by Gasteiger charge is 2.52. The molecule has 0 spiro atoms. The highest BCUT2D eigenvalue weighted by Crippen LogP contribution is 2.49. The number of H-pyrrole nitrogens is 1. The number of carboxylic acid groups (broad SMARTS) is 1. The summed E-state index contributed by atoms with van der Waals surface area (Å²) in [6.45, 7) is 3.92. The Hall–Kier alpha value is -2.97. The molecule has 9 heteroatoms. The molecule has 2 heterocycles. The maximum atomic E-state index is 12.3. The first kappa shape index (κ1) is 20.3.